The van der Waals surface area contributed by atoms with Gasteiger partial charge in [0.1, 0.15) is 0 Å². The molecule has 0 saturated carbocycles. The van der Waals surface area contributed by atoms with Crippen molar-refractivity contribution in [3.05, 3.63) is 0 Å². The Kier molecular flexibility index (Phi) is 6.89. The number of hydrogen-bond acceptors (Lipinski definition) is 2. The van der Waals surface area contributed by atoms with Crippen molar-refractivity contribution in [1.82, 2.24) is 0 Å². The molecule has 0 spiro atoms. The summed E-state index contributed by atoms with van der Waals surface area (Å²) in [5, 5.41) is 0.964. The van der Waals surface area contributed by atoms with Gasteiger partial charge in [0.25, 0.3) is 0 Å². The molecule has 0 rings (SSSR count). The number of aliphatic imine (C=N–C) groups is 1. The van der Waals surface area contributed by atoms with Gasteiger partial charge in [-0.25, -0.2) is 4.99 Å². The van der Waals surface area contributed by atoms with E-state index in [0.29, 0.717) is 18.3 Å². The van der Waals surface area contributed by atoms with Crippen molar-refractivity contribution >= 4 is 22.7 Å². The van der Waals surface area contributed by atoms with Crippen LogP contribution in [0, 0.1) is 11.8 Å². The monoisotopic (exact) mass is 215 g/mol. The molecule has 1 amide bonds. The zero-order valence-corrected chi connectivity index (χ0v) is 10.6. The van der Waals surface area contributed by atoms with Crippen LogP contribution in [-0.2, 0) is 4.79 Å². The van der Waals surface area contributed by atoms with E-state index in [9.17, 15) is 4.79 Å². The normalized spacial score (nSPS) is 12.6. The summed E-state index contributed by atoms with van der Waals surface area (Å²) in [6.45, 7) is 8.35. The molecule has 0 aliphatic heterocycles. The fraction of sp³-hybridized carbons (Fsp3) is 0.818. The van der Waals surface area contributed by atoms with E-state index in [-0.39, 0.29) is 5.91 Å². The third-order valence-corrected chi connectivity index (χ3v) is 2.38. The molecule has 0 aromatic heterocycles. The van der Waals surface area contributed by atoms with Crippen molar-refractivity contribution in [3.8, 4) is 0 Å². The highest BCUT2D eigenvalue weighted by Crippen LogP contribution is 2.12. The summed E-state index contributed by atoms with van der Waals surface area (Å²) >= 11 is 1.58. The van der Waals surface area contributed by atoms with Crippen LogP contribution in [0.25, 0.3) is 0 Å². The van der Waals surface area contributed by atoms with E-state index >= 15 is 0 Å². The Morgan fingerprint density at radius 1 is 1.14 bits per heavy atom. The van der Waals surface area contributed by atoms with Crippen molar-refractivity contribution in [1.29, 1.82) is 0 Å². The molecule has 0 aromatic rings. The lowest BCUT2D eigenvalue weighted by Gasteiger charge is -2.06. The molecule has 0 aromatic carbocycles. The van der Waals surface area contributed by atoms with Crippen molar-refractivity contribution in [2.24, 2.45) is 16.8 Å². The van der Waals surface area contributed by atoms with Gasteiger partial charge in [-0.15, -0.1) is 11.8 Å². The lowest BCUT2D eigenvalue weighted by Crippen LogP contribution is -2.05. The lowest BCUT2D eigenvalue weighted by atomic mass is 10.1. The van der Waals surface area contributed by atoms with Crippen molar-refractivity contribution in [2.45, 2.75) is 40.5 Å². The number of hydrogen-bond donors (Lipinski definition) is 0. The summed E-state index contributed by atoms with van der Waals surface area (Å²) in [6, 6.07) is 0. The van der Waals surface area contributed by atoms with Crippen LogP contribution in [0.1, 0.15) is 40.5 Å². The van der Waals surface area contributed by atoms with Crippen LogP contribution in [0.5, 0.6) is 0 Å². The van der Waals surface area contributed by atoms with E-state index in [4.69, 9.17) is 0 Å². The van der Waals surface area contributed by atoms with Crippen LogP contribution in [0.15, 0.2) is 4.99 Å². The predicted octanol–water partition coefficient (Wildman–Crippen LogP) is 3.37. The zero-order chi connectivity index (χ0) is 11.1. The zero-order valence-electron chi connectivity index (χ0n) is 9.83. The number of nitrogens with zero attached hydrogens (tertiary/aromatic N) is 1. The summed E-state index contributed by atoms with van der Waals surface area (Å²) < 4.78 is 0. The quantitative estimate of drug-likeness (QED) is 0.531. The Labute approximate surface area is 91.6 Å². The summed E-state index contributed by atoms with van der Waals surface area (Å²) in [4.78, 5) is 15.5. The average Bonchev–Trinajstić information content (AvgIpc) is 2.00. The summed E-state index contributed by atoms with van der Waals surface area (Å²) in [5.41, 5.74) is 0. The topological polar surface area (TPSA) is 29.4 Å². The van der Waals surface area contributed by atoms with E-state index in [2.05, 4.69) is 18.8 Å². The van der Waals surface area contributed by atoms with Crippen molar-refractivity contribution in [3.63, 3.8) is 0 Å². The predicted molar refractivity (Wildman–Crippen MR) is 64.9 cm³/mol. The SMILES string of the molecule is CSC(CC(C)C)=NC(=O)CC(C)C. The third-order valence-electron chi connectivity index (χ3n) is 1.65. The fourth-order valence-corrected chi connectivity index (χ4v) is 1.75. The second-order valence-corrected chi connectivity index (χ2v) is 5.18. The van der Waals surface area contributed by atoms with Crippen molar-refractivity contribution < 1.29 is 4.79 Å². The first-order valence-corrected chi connectivity index (χ1v) is 6.32. The highest BCUT2D eigenvalue weighted by Gasteiger charge is 2.07. The number of amides is 1. The molecule has 0 heterocycles. The van der Waals surface area contributed by atoms with E-state index in [0.717, 1.165) is 11.5 Å². The summed E-state index contributed by atoms with van der Waals surface area (Å²) in [7, 11) is 0. The van der Waals surface area contributed by atoms with Crippen LogP contribution in [-0.4, -0.2) is 17.2 Å². The van der Waals surface area contributed by atoms with Crippen LogP contribution >= 0.6 is 11.8 Å². The van der Waals surface area contributed by atoms with Crippen LogP contribution in [0.2, 0.25) is 0 Å². The summed E-state index contributed by atoms with van der Waals surface area (Å²) in [5.74, 6) is 0.978. The fourth-order valence-electron chi connectivity index (χ4n) is 1.06. The molecule has 2 nitrogen and oxygen atoms in total. The first-order chi connectivity index (χ1) is 6.45. The molecule has 0 aliphatic carbocycles. The van der Waals surface area contributed by atoms with Gasteiger partial charge in [-0.05, 0) is 24.5 Å². The van der Waals surface area contributed by atoms with Gasteiger partial charge in [0.2, 0.25) is 5.91 Å². The Bertz CT molecular complexity index is 209. The largest absolute Gasteiger partial charge is 0.273 e. The molecule has 0 N–H and O–H groups in total. The smallest absolute Gasteiger partial charge is 0.246 e. The highest BCUT2D eigenvalue weighted by molar-refractivity contribution is 8.13. The van der Waals surface area contributed by atoms with Gasteiger partial charge >= 0.3 is 0 Å². The van der Waals surface area contributed by atoms with Gasteiger partial charge in [0.05, 0.1) is 5.04 Å². The van der Waals surface area contributed by atoms with Gasteiger partial charge in [0, 0.05) is 6.42 Å². The molecule has 0 bridgehead atoms. The van der Waals surface area contributed by atoms with Gasteiger partial charge in [0.15, 0.2) is 0 Å². The minimum absolute atomic E-state index is 0.0185. The van der Waals surface area contributed by atoms with Crippen molar-refractivity contribution in [2.75, 3.05) is 6.26 Å². The van der Waals surface area contributed by atoms with Crippen LogP contribution < -0.4 is 0 Å². The van der Waals surface area contributed by atoms with Crippen LogP contribution in [0.3, 0.4) is 0 Å². The number of thioether (sulfide) groups is 1. The second kappa shape index (κ2) is 7.04. The first-order valence-electron chi connectivity index (χ1n) is 5.10. The molecule has 3 heteroatoms. The molecule has 0 radical (unpaired) electrons. The third kappa shape index (κ3) is 7.13. The van der Waals surface area contributed by atoms with Gasteiger partial charge < -0.3 is 0 Å². The molecule has 14 heavy (non-hydrogen) atoms. The van der Waals surface area contributed by atoms with Gasteiger partial charge in [-0.1, -0.05) is 27.7 Å². The average molecular weight is 215 g/mol. The molecule has 0 atom stereocenters. The molecule has 0 fully saturated rings. The molecular formula is C11H21NOS. The lowest BCUT2D eigenvalue weighted by molar-refractivity contribution is -0.118. The van der Waals surface area contributed by atoms with E-state index in [1.54, 1.807) is 11.8 Å². The molecular weight excluding hydrogens is 194 g/mol. The molecule has 0 aliphatic rings. The first kappa shape index (κ1) is 13.7. The molecule has 0 unspecified atom stereocenters. The Hall–Kier alpha value is -0.310. The van der Waals surface area contributed by atoms with Crippen LogP contribution in [0.4, 0.5) is 0 Å². The minimum Gasteiger partial charge on any atom is -0.273 e. The second-order valence-electron chi connectivity index (χ2n) is 4.30. The standard InChI is InChI=1S/C11H21NOS/c1-8(2)6-10(13)12-11(14-5)7-9(3)4/h8-9H,6-7H2,1-5H3. The molecule has 0 saturated heterocycles. The maximum Gasteiger partial charge on any atom is 0.246 e. The maximum atomic E-state index is 11.4. The summed E-state index contributed by atoms with van der Waals surface area (Å²) in [6.07, 6.45) is 3.44. The number of carbonyl (C=O) groups is 1. The van der Waals surface area contributed by atoms with E-state index in [1.165, 1.54) is 0 Å². The number of carbonyl (C=O) groups excluding carboxylic acids is 1. The van der Waals surface area contributed by atoms with Gasteiger partial charge in [-0.2, -0.15) is 0 Å². The Balaban J connectivity index is 4.21. The highest BCUT2D eigenvalue weighted by atomic mass is 32.2. The molecule has 82 valence electrons. The van der Waals surface area contributed by atoms with E-state index in [1.807, 2.05) is 20.1 Å². The maximum absolute atomic E-state index is 11.4. The Morgan fingerprint density at radius 2 is 1.64 bits per heavy atom. The minimum atomic E-state index is 0.0185. The van der Waals surface area contributed by atoms with E-state index < -0.39 is 0 Å². The Morgan fingerprint density at radius 3 is 2.00 bits per heavy atom. The number of rotatable bonds is 4. The van der Waals surface area contributed by atoms with Gasteiger partial charge in [-0.3, -0.25) is 4.79 Å².